The van der Waals surface area contributed by atoms with Gasteiger partial charge in [0.05, 0.1) is 37.8 Å². The average Bonchev–Trinajstić information content (AvgIpc) is 2.87. The molecule has 3 aromatic carbocycles. The van der Waals surface area contributed by atoms with E-state index in [0.717, 1.165) is 6.07 Å². The van der Waals surface area contributed by atoms with Crippen molar-refractivity contribution >= 4 is 28.5 Å². The fourth-order valence-corrected chi connectivity index (χ4v) is 3.81. The zero-order valence-electron chi connectivity index (χ0n) is 19.6. The van der Waals surface area contributed by atoms with E-state index in [1.165, 1.54) is 69.9 Å². The Labute approximate surface area is 212 Å². The van der Waals surface area contributed by atoms with Crippen LogP contribution >= 0.6 is 11.6 Å². The highest BCUT2D eigenvalue weighted by molar-refractivity contribution is 6.30. The van der Waals surface area contributed by atoms with E-state index in [-0.39, 0.29) is 39.5 Å². The minimum atomic E-state index is -4.98. The number of carbonyl (C=O) groups excluding carboxylic acids is 1. The minimum absolute atomic E-state index is 0.00900. The molecule has 4 aromatic rings. The second-order valence-electron chi connectivity index (χ2n) is 7.60. The summed E-state index contributed by atoms with van der Waals surface area (Å²) in [5.74, 6) is -1.85. The van der Waals surface area contributed by atoms with Gasteiger partial charge in [0.15, 0.2) is 11.5 Å². The summed E-state index contributed by atoms with van der Waals surface area (Å²) in [5, 5.41) is 0.159. The summed E-state index contributed by atoms with van der Waals surface area (Å²) in [6, 6.07) is 11.6. The number of hydrogen-bond donors (Lipinski definition) is 0. The van der Waals surface area contributed by atoms with Gasteiger partial charge in [0, 0.05) is 11.1 Å². The molecule has 0 fully saturated rings. The molecule has 0 amide bonds. The van der Waals surface area contributed by atoms with E-state index in [4.69, 9.17) is 35.0 Å². The number of ether oxygens (including phenoxy) is 4. The SMILES string of the molecule is COc1cc(C(=O)Oc2ccc3c(=O)c(-c4ccc(Cl)cc4)c(C(F)(F)F)oc3c2)cc(OC)c1OC. The summed E-state index contributed by atoms with van der Waals surface area (Å²) in [6.45, 7) is 0. The van der Waals surface area contributed by atoms with Crippen LogP contribution in [0.4, 0.5) is 13.2 Å². The van der Waals surface area contributed by atoms with Gasteiger partial charge in [-0.3, -0.25) is 4.79 Å². The lowest BCUT2D eigenvalue weighted by Gasteiger charge is -2.14. The Morgan fingerprint density at radius 2 is 1.51 bits per heavy atom. The molecule has 7 nitrogen and oxygen atoms in total. The Morgan fingerprint density at radius 3 is 2.05 bits per heavy atom. The van der Waals surface area contributed by atoms with Crippen molar-refractivity contribution in [2.45, 2.75) is 6.18 Å². The number of esters is 1. The van der Waals surface area contributed by atoms with Crippen LogP contribution in [-0.2, 0) is 6.18 Å². The second-order valence-corrected chi connectivity index (χ2v) is 8.04. The van der Waals surface area contributed by atoms with Gasteiger partial charge in [0.1, 0.15) is 11.3 Å². The minimum Gasteiger partial charge on any atom is -0.493 e. The lowest BCUT2D eigenvalue weighted by atomic mass is 10.0. The standard InChI is InChI=1S/C26H18ClF3O7/c1-33-19-10-14(11-20(34-2)23(19)35-3)25(32)36-16-8-9-17-18(12-16)37-24(26(28,29)30)21(22(17)31)13-4-6-15(27)7-5-13/h4-12H,1-3H3. The van der Waals surface area contributed by atoms with Gasteiger partial charge in [0.25, 0.3) is 0 Å². The lowest BCUT2D eigenvalue weighted by molar-refractivity contribution is -0.152. The van der Waals surface area contributed by atoms with Gasteiger partial charge < -0.3 is 23.4 Å². The van der Waals surface area contributed by atoms with Crippen LogP contribution in [0.5, 0.6) is 23.0 Å². The Bertz CT molecular complexity index is 1520. The molecule has 0 bridgehead atoms. The third kappa shape index (κ3) is 5.05. The summed E-state index contributed by atoms with van der Waals surface area (Å²) in [6.07, 6.45) is -4.98. The molecular formula is C26H18ClF3O7. The van der Waals surface area contributed by atoms with E-state index in [2.05, 4.69) is 0 Å². The molecule has 0 aliphatic heterocycles. The van der Waals surface area contributed by atoms with E-state index in [1.807, 2.05) is 0 Å². The first kappa shape index (κ1) is 25.9. The monoisotopic (exact) mass is 534 g/mol. The molecule has 192 valence electrons. The predicted molar refractivity (Wildman–Crippen MR) is 129 cm³/mol. The molecule has 37 heavy (non-hydrogen) atoms. The van der Waals surface area contributed by atoms with E-state index >= 15 is 0 Å². The van der Waals surface area contributed by atoms with Crippen LogP contribution in [0.25, 0.3) is 22.1 Å². The van der Waals surface area contributed by atoms with Crippen LogP contribution < -0.4 is 24.4 Å². The Kier molecular flexibility index (Phi) is 7.04. The Morgan fingerprint density at radius 1 is 0.892 bits per heavy atom. The van der Waals surface area contributed by atoms with Crippen LogP contribution in [-0.4, -0.2) is 27.3 Å². The second kappa shape index (κ2) is 10.1. The van der Waals surface area contributed by atoms with Gasteiger partial charge in [-0.05, 0) is 42.0 Å². The van der Waals surface area contributed by atoms with Crippen LogP contribution in [0.2, 0.25) is 5.02 Å². The van der Waals surface area contributed by atoms with Crippen molar-refractivity contribution in [3.05, 3.63) is 81.2 Å². The molecule has 0 spiro atoms. The number of carbonyl (C=O) groups is 1. The zero-order valence-corrected chi connectivity index (χ0v) is 20.3. The number of fused-ring (bicyclic) bond motifs is 1. The van der Waals surface area contributed by atoms with Crippen molar-refractivity contribution in [1.82, 2.24) is 0 Å². The summed E-state index contributed by atoms with van der Waals surface area (Å²) >= 11 is 5.83. The maximum absolute atomic E-state index is 13.9. The molecule has 0 radical (unpaired) electrons. The van der Waals surface area contributed by atoms with Gasteiger partial charge in [-0.2, -0.15) is 13.2 Å². The van der Waals surface area contributed by atoms with Gasteiger partial charge in [-0.1, -0.05) is 23.7 Å². The average molecular weight is 535 g/mol. The topological polar surface area (TPSA) is 84.2 Å². The molecule has 1 aromatic heterocycles. The molecule has 0 N–H and O–H groups in total. The predicted octanol–water partition coefficient (Wildman–Crippen LogP) is 6.38. The molecular weight excluding hydrogens is 517 g/mol. The molecule has 1 heterocycles. The van der Waals surface area contributed by atoms with Crippen molar-refractivity contribution in [3.8, 4) is 34.1 Å². The van der Waals surface area contributed by atoms with Crippen LogP contribution in [0.1, 0.15) is 16.1 Å². The number of rotatable bonds is 6. The molecule has 0 unspecified atom stereocenters. The first-order valence-electron chi connectivity index (χ1n) is 10.5. The molecule has 0 saturated heterocycles. The summed E-state index contributed by atoms with van der Waals surface area (Å²) in [5.41, 5.74) is -1.96. The third-order valence-corrected chi connectivity index (χ3v) is 5.62. The zero-order chi connectivity index (χ0) is 26.9. The number of alkyl halides is 3. The lowest BCUT2D eigenvalue weighted by Crippen LogP contribution is -2.16. The quantitative estimate of drug-likeness (QED) is 0.210. The largest absolute Gasteiger partial charge is 0.493 e. The van der Waals surface area contributed by atoms with Gasteiger partial charge >= 0.3 is 12.1 Å². The number of benzene rings is 3. The van der Waals surface area contributed by atoms with E-state index < -0.39 is 34.5 Å². The van der Waals surface area contributed by atoms with Crippen molar-refractivity contribution in [1.29, 1.82) is 0 Å². The maximum atomic E-state index is 13.9. The Balaban J connectivity index is 1.78. The highest BCUT2D eigenvalue weighted by Crippen LogP contribution is 2.40. The smallest absolute Gasteiger partial charge is 0.450 e. The summed E-state index contributed by atoms with van der Waals surface area (Å²) in [4.78, 5) is 25.9. The van der Waals surface area contributed by atoms with Crippen LogP contribution in [0.15, 0.2) is 63.8 Å². The fourth-order valence-electron chi connectivity index (χ4n) is 3.68. The number of hydrogen-bond acceptors (Lipinski definition) is 7. The highest BCUT2D eigenvalue weighted by Gasteiger charge is 2.39. The normalized spacial score (nSPS) is 11.3. The molecule has 4 rings (SSSR count). The van der Waals surface area contributed by atoms with Crippen molar-refractivity contribution in [2.75, 3.05) is 21.3 Å². The van der Waals surface area contributed by atoms with Gasteiger partial charge in [-0.15, -0.1) is 0 Å². The number of halogens is 4. The number of methoxy groups -OCH3 is 3. The van der Waals surface area contributed by atoms with Gasteiger partial charge in [0.2, 0.25) is 16.9 Å². The van der Waals surface area contributed by atoms with Crippen LogP contribution in [0, 0.1) is 0 Å². The van der Waals surface area contributed by atoms with E-state index in [1.54, 1.807) is 0 Å². The third-order valence-electron chi connectivity index (χ3n) is 5.37. The molecule has 0 aliphatic rings. The summed E-state index contributed by atoms with van der Waals surface area (Å²) < 4.78 is 67.8. The molecule has 0 aliphatic carbocycles. The molecule has 11 heteroatoms. The molecule has 0 atom stereocenters. The highest BCUT2D eigenvalue weighted by atomic mass is 35.5. The first-order chi connectivity index (χ1) is 17.6. The summed E-state index contributed by atoms with van der Waals surface area (Å²) in [7, 11) is 4.14. The molecule has 0 saturated carbocycles. The van der Waals surface area contributed by atoms with E-state index in [0.29, 0.717) is 5.02 Å². The Hall–Kier alpha value is -4.18. The fraction of sp³-hybridized carbons (Fsp3) is 0.154. The van der Waals surface area contributed by atoms with Crippen LogP contribution in [0.3, 0.4) is 0 Å². The van der Waals surface area contributed by atoms with E-state index in [9.17, 15) is 22.8 Å². The van der Waals surface area contributed by atoms with Crippen molar-refractivity contribution in [2.24, 2.45) is 0 Å². The van der Waals surface area contributed by atoms with Crippen molar-refractivity contribution in [3.63, 3.8) is 0 Å². The first-order valence-corrected chi connectivity index (χ1v) is 10.9. The van der Waals surface area contributed by atoms with Crippen molar-refractivity contribution < 1.29 is 41.3 Å². The van der Waals surface area contributed by atoms with Gasteiger partial charge in [-0.25, -0.2) is 4.79 Å². The maximum Gasteiger partial charge on any atom is 0.450 e.